The number of hydrogen-bond donors (Lipinski definition) is 1. The summed E-state index contributed by atoms with van der Waals surface area (Å²) in [5.74, 6) is 1.91. The molecule has 3 saturated heterocycles. The molecule has 124 valence electrons. The maximum atomic E-state index is 6.24. The number of hydrogen-bond acceptors (Lipinski definition) is 3. The van der Waals surface area contributed by atoms with Crippen LogP contribution in [0.2, 0.25) is 0 Å². The first-order valence-corrected chi connectivity index (χ1v) is 9.50. The van der Waals surface area contributed by atoms with Crippen molar-refractivity contribution >= 4 is 5.69 Å². The minimum absolute atomic E-state index is 0.416. The van der Waals surface area contributed by atoms with E-state index < -0.39 is 0 Å². The van der Waals surface area contributed by atoms with E-state index in [4.69, 9.17) is 4.74 Å². The monoisotopic (exact) mass is 314 g/mol. The number of nitrogens with zero attached hydrogens (tertiary/aromatic N) is 2. The van der Waals surface area contributed by atoms with Crippen LogP contribution in [-0.4, -0.2) is 42.8 Å². The maximum absolute atomic E-state index is 6.24. The molecule has 0 radical (unpaired) electrons. The molecule has 1 aliphatic carbocycles. The molecule has 3 atom stereocenters. The van der Waals surface area contributed by atoms with E-state index in [-0.39, 0.29) is 0 Å². The summed E-state index contributed by atoms with van der Waals surface area (Å²) in [5, 5.41) is 3.64. The van der Waals surface area contributed by atoms with Crippen molar-refractivity contribution in [3.05, 3.63) is 18.5 Å². The quantitative estimate of drug-likeness (QED) is 0.871. The predicted molar refractivity (Wildman–Crippen MR) is 91.6 cm³/mol. The Balaban J connectivity index is 1.48. The van der Waals surface area contributed by atoms with Crippen LogP contribution in [0.15, 0.2) is 18.5 Å². The Kier molecular flexibility index (Phi) is 3.21. The fraction of sp³-hybridized carbons (Fsp3) is 0.737. The predicted octanol–water partition coefficient (Wildman–Crippen LogP) is 2.87. The zero-order valence-corrected chi connectivity index (χ0v) is 14.0. The molecule has 1 aromatic rings. The van der Waals surface area contributed by atoms with Crippen molar-refractivity contribution in [1.82, 2.24) is 14.8 Å². The highest BCUT2D eigenvalue weighted by molar-refractivity contribution is 5.50. The Morgan fingerprint density at radius 3 is 2.91 bits per heavy atom. The van der Waals surface area contributed by atoms with Gasteiger partial charge < -0.3 is 10.1 Å². The molecule has 4 heterocycles. The van der Waals surface area contributed by atoms with Gasteiger partial charge in [0, 0.05) is 37.8 Å². The van der Waals surface area contributed by atoms with Crippen LogP contribution in [0.25, 0.3) is 0 Å². The van der Waals surface area contributed by atoms with Gasteiger partial charge in [-0.1, -0.05) is 0 Å². The number of quaternary nitrogens is 1. The van der Waals surface area contributed by atoms with Gasteiger partial charge in [0.05, 0.1) is 38.1 Å². The van der Waals surface area contributed by atoms with Crippen molar-refractivity contribution in [3.8, 4) is 5.75 Å². The van der Waals surface area contributed by atoms with Crippen molar-refractivity contribution < 1.29 is 4.74 Å². The van der Waals surface area contributed by atoms with E-state index in [1.54, 1.807) is 0 Å². The third-order valence-electron chi connectivity index (χ3n) is 7.08. The third-order valence-corrected chi connectivity index (χ3v) is 7.08. The minimum atomic E-state index is 0.416. The van der Waals surface area contributed by atoms with E-state index in [9.17, 15) is 0 Å². The van der Waals surface area contributed by atoms with E-state index in [1.807, 2.05) is 6.20 Å². The first-order chi connectivity index (χ1) is 11.3. The summed E-state index contributed by atoms with van der Waals surface area (Å²) >= 11 is 0. The summed E-state index contributed by atoms with van der Waals surface area (Å²) < 4.78 is 7.41. The SMILES string of the molecule is c1ncc([N+]23CCC(CC24CCNC4)C3)cc1OC1CCCC1. The van der Waals surface area contributed by atoms with Gasteiger partial charge in [-0.3, -0.25) is 9.47 Å². The van der Waals surface area contributed by atoms with Crippen LogP contribution in [-0.2, 0) is 0 Å². The highest BCUT2D eigenvalue weighted by Gasteiger charge is 2.64. The molecule has 23 heavy (non-hydrogen) atoms. The molecule has 4 fully saturated rings. The van der Waals surface area contributed by atoms with Crippen molar-refractivity contribution in [3.63, 3.8) is 0 Å². The van der Waals surface area contributed by atoms with E-state index >= 15 is 0 Å². The lowest BCUT2D eigenvalue weighted by molar-refractivity contribution is 0.154. The normalized spacial score (nSPS) is 39.6. The summed E-state index contributed by atoms with van der Waals surface area (Å²) in [5.41, 5.74) is 1.83. The lowest BCUT2D eigenvalue weighted by Crippen LogP contribution is -2.63. The van der Waals surface area contributed by atoms with E-state index in [1.165, 1.54) is 81.3 Å². The van der Waals surface area contributed by atoms with Crippen LogP contribution in [0.4, 0.5) is 5.69 Å². The number of nitrogens with one attached hydrogen (secondary N) is 1. The van der Waals surface area contributed by atoms with E-state index in [0.717, 1.165) is 11.7 Å². The number of aromatic nitrogens is 1. The lowest BCUT2D eigenvalue weighted by Gasteiger charge is -2.46. The second kappa shape index (κ2) is 5.18. The number of fused-ring (bicyclic) bond motifs is 3. The smallest absolute Gasteiger partial charge is 0.155 e. The Morgan fingerprint density at radius 1 is 1.22 bits per heavy atom. The molecule has 4 aliphatic rings. The number of ether oxygens (including phenoxy) is 1. The molecule has 0 amide bonds. The van der Waals surface area contributed by atoms with Gasteiger partial charge in [0.25, 0.3) is 0 Å². The Morgan fingerprint density at radius 2 is 2.13 bits per heavy atom. The van der Waals surface area contributed by atoms with Crippen molar-refractivity contribution in [2.45, 2.75) is 56.6 Å². The third kappa shape index (κ3) is 2.07. The summed E-state index contributed by atoms with van der Waals surface area (Å²) in [7, 11) is 0. The van der Waals surface area contributed by atoms with Gasteiger partial charge in [-0.15, -0.1) is 0 Å². The average Bonchev–Trinajstić information content (AvgIpc) is 3.33. The molecule has 4 heteroatoms. The van der Waals surface area contributed by atoms with Crippen LogP contribution < -0.4 is 14.5 Å². The maximum Gasteiger partial charge on any atom is 0.155 e. The van der Waals surface area contributed by atoms with E-state index in [2.05, 4.69) is 22.6 Å². The summed E-state index contributed by atoms with van der Waals surface area (Å²) in [6, 6.07) is 2.32. The zero-order chi connectivity index (χ0) is 15.3. The van der Waals surface area contributed by atoms with Gasteiger partial charge in [0.1, 0.15) is 11.3 Å². The Bertz CT molecular complexity index is 592. The van der Waals surface area contributed by atoms with Crippen LogP contribution in [0.3, 0.4) is 0 Å². The largest absolute Gasteiger partial charge is 0.489 e. The molecule has 0 aromatic carbocycles. The molecule has 2 bridgehead atoms. The van der Waals surface area contributed by atoms with Gasteiger partial charge in [-0.2, -0.15) is 0 Å². The first kappa shape index (κ1) is 14.2. The molecule has 1 aromatic heterocycles. The van der Waals surface area contributed by atoms with Crippen LogP contribution in [0.1, 0.15) is 44.9 Å². The highest BCUT2D eigenvalue weighted by Crippen LogP contribution is 2.53. The molecule has 3 unspecified atom stereocenters. The van der Waals surface area contributed by atoms with Crippen molar-refractivity contribution in [2.75, 3.05) is 26.2 Å². The summed E-state index contributed by atoms with van der Waals surface area (Å²) in [6.45, 7) is 4.97. The Labute approximate surface area is 138 Å². The second-order valence-corrected chi connectivity index (χ2v) is 8.29. The molecule has 4 nitrogen and oxygen atoms in total. The van der Waals surface area contributed by atoms with Gasteiger partial charge >= 0.3 is 0 Å². The number of piperidine rings is 1. The second-order valence-electron chi connectivity index (χ2n) is 8.29. The fourth-order valence-electron chi connectivity index (χ4n) is 6.02. The summed E-state index contributed by atoms with van der Waals surface area (Å²) in [4.78, 5) is 4.58. The van der Waals surface area contributed by atoms with Gasteiger partial charge in [-0.25, -0.2) is 0 Å². The molecule has 3 aliphatic heterocycles. The van der Waals surface area contributed by atoms with Crippen LogP contribution >= 0.6 is 0 Å². The molecular weight excluding hydrogens is 286 g/mol. The van der Waals surface area contributed by atoms with Crippen molar-refractivity contribution in [1.29, 1.82) is 0 Å². The van der Waals surface area contributed by atoms with E-state index in [0.29, 0.717) is 11.6 Å². The van der Waals surface area contributed by atoms with Crippen molar-refractivity contribution in [2.24, 2.45) is 5.92 Å². The summed E-state index contributed by atoms with van der Waals surface area (Å²) in [6.07, 6.45) is 13.6. The van der Waals surface area contributed by atoms with Crippen LogP contribution in [0.5, 0.6) is 5.75 Å². The molecule has 1 spiro atoms. The standard InChI is InChI=1S/C19H28N3O/c1-2-4-17(3-1)23-18-9-16(11-21-12-18)22-8-5-15(13-22)10-19(22)6-7-20-14-19/h9,11-12,15,17,20H,1-8,10,13-14H2/q+1. The molecule has 5 rings (SSSR count). The zero-order valence-electron chi connectivity index (χ0n) is 14.0. The molecule has 1 N–H and O–H groups in total. The Hall–Kier alpha value is -1.13. The topological polar surface area (TPSA) is 34.2 Å². The van der Waals surface area contributed by atoms with Crippen LogP contribution in [0, 0.1) is 5.92 Å². The molecule has 1 saturated carbocycles. The number of pyridine rings is 1. The van der Waals surface area contributed by atoms with Gasteiger partial charge in [0.15, 0.2) is 5.69 Å². The minimum Gasteiger partial charge on any atom is -0.489 e. The molecular formula is C19H28N3O+. The average molecular weight is 314 g/mol. The number of rotatable bonds is 3. The first-order valence-electron chi connectivity index (χ1n) is 9.50. The lowest BCUT2D eigenvalue weighted by atomic mass is 9.85. The highest BCUT2D eigenvalue weighted by atomic mass is 16.5. The van der Waals surface area contributed by atoms with Gasteiger partial charge in [-0.05, 0) is 25.7 Å². The fourth-order valence-corrected chi connectivity index (χ4v) is 6.02. The van der Waals surface area contributed by atoms with Gasteiger partial charge in [0.2, 0.25) is 0 Å².